The zero-order valence-corrected chi connectivity index (χ0v) is 42.7. The van der Waals surface area contributed by atoms with Crippen molar-refractivity contribution in [1.29, 1.82) is 0 Å². The van der Waals surface area contributed by atoms with Gasteiger partial charge in [0.15, 0.2) is 6.10 Å². The highest BCUT2D eigenvalue weighted by Crippen LogP contribution is 2.18. The molecule has 0 spiro atoms. The van der Waals surface area contributed by atoms with Gasteiger partial charge in [-0.3, -0.25) is 14.4 Å². The first-order valence-electron chi connectivity index (χ1n) is 27.6. The molecular formula is C56H108O6. The zero-order valence-electron chi connectivity index (χ0n) is 42.7. The molecule has 62 heavy (non-hydrogen) atoms. The van der Waals surface area contributed by atoms with E-state index in [0.717, 1.165) is 75.5 Å². The summed E-state index contributed by atoms with van der Waals surface area (Å²) in [4.78, 5) is 38.0. The Morgan fingerprint density at radius 2 is 0.565 bits per heavy atom. The molecule has 0 heterocycles. The molecule has 0 aliphatic rings. The molecule has 0 amide bonds. The third kappa shape index (κ3) is 47.9. The van der Waals surface area contributed by atoms with Crippen molar-refractivity contribution in [3.8, 4) is 0 Å². The van der Waals surface area contributed by atoms with Crippen LogP contribution in [0.15, 0.2) is 0 Å². The lowest BCUT2D eigenvalue weighted by atomic mass is 9.99. The first kappa shape index (κ1) is 60.4. The van der Waals surface area contributed by atoms with Crippen molar-refractivity contribution in [2.75, 3.05) is 13.2 Å². The van der Waals surface area contributed by atoms with Gasteiger partial charge in [0.2, 0.25) is 0 Å². The number of esters is 3. The van der Waals surface area contributed by atoms with Gasteiger partial charge in [0.05, 0.1) is 0 Å². The zero-order chi connectivity index (χ0) is 45.6. The summed E-state index contributed by atoms with van der Waals surface area (Å²) in [5, 5.41) is 0. The van der Waals surface area contributed by atoms with Gasteiger partial charge in [0.1, 0.15) is 13.2 Å². The highest BCUT2D eigenvalue weighted by molar-refractivity contribution is 5.71. The van der Waals surface area contributed by atoms with Crippen molar-refractivity contribution < 1.29 is 28.6 Å². The van der Waals surface area contributed by atoms with E-state index in [2.05, 4.69) is 41.5 Å². The van der Waals surface area contributed by atoms with Gasteiger partial charge in [-0.25, -0.2) is 0 Å². The van der Waals surface area contributed by atoms with Crippen LogP contribution in [0.25, 0.3) is 0 Å². The quantitative estimate of drug-likeness (QED) is 0.0344. The molecule has 368 valence electrons. The van der Waals surface area contributed by atoms with Crippen LogP contribution >= 0.6 is 0 Å². The molecule has 6 heteroatoms. The smallest absolute Gasteiger partial charge is 0.306 e. The van der Waals surface area contributed by atoms with Gasteiger partial charge in [0, 0.05) is 19.3 Å². The van der Waals surface area contributed by atoms with Gasteiger partial charge in [-0.2, -0.15) is 0 Å². The Morgan fingerprint density at radius 1 is 0.323 bits per heavy atom. The molecule has 1 unspecified atom stereocenters. The van der Waals surface area contributed by atoms with Crippen LogP contribution < -0.4 is 0 Å². The van der Waals surface area contributed by atoms with E-state index < -0.39 is 6.10 Å². The first-order valence-corrected chi connectivity index (χ1v) is 27.6. The molecule has 6 nitrogen and oxygen atoms in total. The maximum Gasteiger partial charge on any atom is 0.306 e. The fraction of sp³-hybridized carbons (Fsp3) is 0.946. The Morgan fingerprint density at radius 3 is 0.839 bits per heavy atom. The molecule has 0 aromatic heterocycles. The average molecular weight is 877 g/mol. The normalized spacial score (nSPS) is 12.6. The number of unbranched alkanes of at least 4 members (excludes halogenated alkanes) is 31. The molecule has 0 saturated heterocycles. The van der Waals surface area contributed by atoms with Gasteiger partial charge in [-0.05, 0) is 37.0 Å². The second-order valence-electron chi connectivity index (χ2n) is 20.4. The second kappa shape index (κ2) is 47.4. The summed E-state index contributed by atoms with van der Waals surface area (Å²) in [6.45, 7) is 13.7. The Bertz CT molecular complexity index is 962. The highest BCUT2D eigenvalue weighted by atomic mass is 16.6. The summed E-state index contributed by atoms with van der Waals surface area (Å²) in [5.74, 6) is 1.67. The fourth-order valence-corrected chi connectivity index (χ4v) is 8.44. The third-order valence-corrected chi connectivity index (χ3v) is 13.0. The summed E-state index contributed by atoms with van der Waals surface area (Å²) < 4.78 is 16.8. The fourth-order valence-electron chi connectivity index (χ4n) is 8.44. The van der Waals surface area contributed by atoms with E-state index in [1.165, 1.54) is 186 Å². The maximum atomic E-state index is 12.8. The van der Waals surface area contributed by atoms with Gasteiger partial charge < -0.3 is 14.2 Å². The minimum absolute atomic E-state index is 0.0644. The van der Waals surface area contributed by atoms with E-state index in [0.29, 0.717) is 19.3 Å². The number of hydrogen-bond donors (Lipinski definition) is 0. The second-order valence-corrected chi connectivity index (χ2v) is 20.4. The van der Waals surface area contributed by atoms with Gasteiger partial charge in [-0.1, -0.05) is 266 Å². The van der Waals surface area contributed by atoms with Gasteiger partial charge in [0.25, 0.3) is 0 Å². The molecule has 2 atom stereocenters. The van der Waals surface area contributed by atoms with E-state index in [1.54, 1.807) is 0 Å². The standard InChI is InChI=1S/C56H108O6/c1-7-52(6)44-38-32-26-22-23-28-34-40-46-55(58)61-49-53(62-56(59)47-41-35-29-21-17-16-19-25-31-37-43-51(4)5)48-60-54(57)45-39-33-27-20-15-13-11-9-8-10-12-14-18-24-30-36-42-50(2)3/h50-53H,7-49H2,1-6H3/t52?,53-/m1/s1. The molecular weight excluding hydrogens is 769 g/mol. The summed E-state index contributed by atoms with van der Waals surface area (Å²) in [6.07, 6.45) is 48.0. The number of ether oxygens (including phenoxy) is 3. The van der Waals surface area contributed by atoms with Crippen molar-refractivity contribution in [2.45, 2.75) is 311 Å². The van der Waals surface area contributed by atoms with E-state index >= 15 is 0 Å². The Balaban J connectivity index is 4.27. The SMILES string of the molecule is CCC(C)CCCCCCCCCCC(=O)OC[C@@H](COC(=O)CCCCCCCCCCCCCCCCCCC(C)C)OC(=O)CCCCCCCCCCCCC(C)C. The van der Waals surface area contributed by atoms with Crippen LogP contribution in [0.5, 0.6) is 0 Å². The molecule has 0 aromatic carbocycles. The lowest BCUT2D eigenvalue weighted by molar-refractivity contribution is -0.167. The molecule has 0 fully saturated rings. The third-order valence-electron chi connectivity index (χ3n) is 13.0. The average Bonchev–Trinajstić information content (AvgIpc) is 3.24. The van der Waals surface area contributed by atoms with E-state index in [4.69, 9.17) is 14.2 Å². The largest absolute Gasteiger partial charge is 0.462 e. The van der Waals surface area contributed by atoms with Crippen LogP contribution in [0.2, 0.25) is 0 Å². The molecule has 0 aliphatic carbocycles. The first-order chi connectivity index (χ1) is 30.1. The van der Waals surface area contributed by atoms with Gasteiger partial charge >= 0.3 is 17.9 Å². The summed E-state index contributed by atoms with van der Waals surface area (Å²) in [7, 11) is 0. The Labute approximate surface area is 387 Å². The minimum atomic E-state index is -0.763. The molecule has 0 radical (unpaired) electrons. The van der Waals surface area contributed by atoms with Crippen molar-refractivity contribution >= 4 is 17.9 Å². The molecule has 0 aromatic rings. The number of carbonyl (C=O) groups excluding carboxylic acids is 3. The monoisotopic (exact) mass is 877 g/mol. The lowest BCUT2D eigenvalue weighted by Gasteiger charge is -2.18. The van der Waals surface area contributed by atoms with E-state index in [9.17, 15) is 14.4 Å². The molecule has 0 bridgehead atoms. The van der Waals surface area contributed by atoms with Gasteiger partial charge in [-0.15, -0.1) is 0 Å². The number of hydrogen-bond acceptors (Lipinski definition) is 6. The number of rotatable bonds is 49. The van der Waals surface area contributed by atoms with Crippen molar-refractivity contribution in [2.24, 2.45) is 17.8 Å². The summed E-state index contributed by atoms with van der Waals surface area (Å²) >= 11 is 0. The lowest BCUT2D eigenvalue weighted by Crippen LogP contribution is -2.30. The van der Waals surface area contributed by atoms with Crippen LogP contribution in [0.3, 0.4) is 0 Å². The van der Waals surface area contributed by atoms with E-state index in [-0.39, 0.29) is 31.1 Å². The number of carbonyl (C=O) groups is 3. The Hall–Kier alpha value is -1.59. The van der Waals surface area contributed by atoms with Crippen LogP contribution in [0, 0.1) is 17.8 Å². The highest BCUT2D eigenvalue weighted by Gasteiger charge is 2.19. The van der Waals surface area contributed by atoms with Crippen molar-refractivity contribution in [1.82, 2.24) is 0 Å². The predicted molar refractivity (Wildman–Crippen MR) is 266 cm³/mol. The maximum absolute atomic E-state index is 12.8. The predicted octanol–water partition coefficient (Wildman–Crippen LogP) is 17.9. The minimum Gasteiger partial charge on any atom is -0.462 e. The summed E-state index contributed by atoms with van der Waals surface area (Å²) in [6, 6.07) is 0. The Kier molecular flexibility index (Phi) is 46.2. The topological polar surface area (TPSA) is 78.9 Å². The van der Waals surface area contributed by atoms with Crippen molar-refractivity contribution in [3.63, 3.8) is 0 Å². The molecule has 0 rings (SSSR count). The molecule has 0 saturated carbocycles. The van der Waals surface area contributed by atoms with Crippen molar-refractivity contribution in [3.05, 3.63) is 0 Å². The van der Waals surface area contributed by atoms with Crippen LogP contribution in [-0.2, 0) is 28.6 Å². The molecule has 0 N–H and O–H groups in total. The van der Waals surface area contributed by atoms with E-state index in [1.807, 2.05) is 0 Å². The van der Waals surface area contributed by atoms with Crippen LogP contribution in [0.1, 0.15) is 305 Å². The summed E-state index contributed by atoms with van der Waals surface area (Å²) in [5.41, 5.74) is 0. The van der Waals surface area contributed by atoms with Crippen LogP contribution in [0.4, 0.5) is 0 Å². The molecule has 0 aliphatic heterocycles. The van der Waals surface area contributed by atoms with Crippen LogP contribution in [-0.4, -0.2) is 37.2 Å².